The summed E-state index contributed by atoms with van der Waals surface area (Å²) in [5, 5.41) is 0. The van der Waals surface area contributed by atoms with Gasteiger partial charge in [-0.25, -0.2) is 0 Å². The van der Waals surface area contributed by atoms with Gasteiger partial charge in [0.2, 0.25) is 0 Å². The van der Waals surface area contributed by atoms with Gasteiger partial charge in [0, 0.05) is 0 Å². The first-order valence-corrected chi connectivity index (χ1v) is 14.3. The molecular formula is C35H37Cl2Zr. The molecule has 0 aliphatic heterocycles. The zero-order chi connectivity index (χ0) is 26.0. The Kier molecular flexibility index (Phi) is 9.00. The van der Waals surface area contributed by atoms with Gasteiger partial charge in [-0.05, 0) is 0 Å². The topological polar surface area (TPSA) is 0 Å². The molecule has 0 spiro atoms. The first kappa shape index (κ1) is 30.9. The van der Waals surface area contributed by atoms with Crippen LogP contribution in [-0.4, -0.2) is 0 Å². The van der Waals surface area contributed by atoms with Crippen molar-refractivity contribution in [3.05, 3.63) is 100 Å². The molecule has 0 amide bonds. The molecule has 0 radical (unpaired) electrons. The average Bonchev–Trinajstić information content (AvgIpc) is 3.16. The molecule has 0 saturated carbocycles. The molecule has 0 atom stereocenters. The molecule has 0 aromatic heterocycles. The predicted molar refractivity (Wildman–Crippen MR) is 152 cm³/mol. The molecule has 3 heteroatoms. The molecule has 4 aromatic carbocycles. The molecule has 195 valence electrons. The van der Waals surface area contributed by atoms with E-state index in [1.165, 1.54) is 94.8 Å². The summed E-state index contributed by atoms with van der Waals surface area (Å²) in [6.07, 6.45) is 1.03. The second-order valence-corrected chi connectivity index (χ2v) is 13.8. The van der Waals surface area contributed by atoms with Crippen LogP contribution < -0.4 is 28.1 Å². The van der Waals surface area contributed by atoms with Gasteiger partial charge in [0.15, 0.2) is 0 Å². The summed E-state index contributed by atoms with van der Waals surface area (Å²) in [7, 11) is 0. The number of hydrogen-bond acceptors (Lipinski definition) is 0. The first-order valence-electron chi connectivity index (χ1n) is 13.1. The molecule has 0 N–H and O–H groups in total. The Bertz CT molecular complexity index is 1500. The molecule has 1 aliphatic carbocycles. The SMILES string of the molecule is Cc1ccccc1-c1cc2c(cc1C(C)(C)C)-c1cc(C(C)(C)C)c(-c3ccccc3C)[c]([Zr+2])c1C2.[Cl-].[Cl-]. The summed E-state index contributed by atoms with van der Waals surface area (Å²) in [4.78, 5) is 0. The largest absolute Gasteiger partial charge is 1.00 e. The smallest absolute Gasteiger partial charge is 1.00 e. The number of aryl methyl sites for hydroxylation is 2. The second-order valence-electron chi connectivity index (χ2n) is 12.6. The standard InChI is InChI=1S/C35H37.2ClH.Zr/c1-22-13-9-11-15-26(22)30-18-24-17-25-19-31(27-16-12-10-14-23(27)2)33(35(6,7)8)21-29(25)28(24)20-32(30)34(3,4)5;;;/h9-16,18,20-21H,17H2,1-8H3;2*1H;/q;;;+2/p-2. The van der Waals surface area contributed by atoms with E-state index in [-0.39, 0.29) is 35.6 Å². The molecule has 0 unspecified atom stereocenters. The van der Waals surface area contributed by atoms with Crippen LogP contribution in [0.1, 0.15) is 74.9 Å². The molecular weight excluding hydrogens is 583 g/mol. The van der Waals surface area contributed by atoms with Gasteiger partial charge in [-0.3, -0.25) is 0 Å². The molecule has 0 fully saturated rings. The zero-order valence-corrected chi connectivity index (χ0v) is 27.8. The van der Waals surface area contributed by atoms with E-state index < -0.39 is 0 Å². The van der Waals surface area contributed by atoms with E-state index in [1.54, 1.807) is 0 Å². The van der Waals surface area contributed by atoms with E-state index in [0.717, 1.165) is 6.42 Å². The summed E-state index contributed by atoms with van der Waals surface area (Å²) in [5.41, 5.74) is 17.3. The maximum atomic E-state index is 2.54. The van der Waals surface area contributed by atoms with Gasteiger partial charge in [0.25, 0.3) is 0 Å². The number of halogens is 2. The number of rotatable bonds is 2. The summed E-state index contributed by atoms with van der Waals surface area (Å²) >= 11 is 1.50. The zero-order valence-electron chi connectivity index (χ0n) is 23.8. The minimum atomic E-state index is 0. The Morgan fingerprint density at radius 1 is 0.579 bits per heavy atom. The van der Waals surface area contributed by atoms with Crippen LogP contribution in [0.2, 0.25) is 0 Å². The minimum absolute atomic E-state index is 0. The van der Waals surface area contributed by atoms with Gasteiger partial charge in [0.05, 0.1) is 0 Å². The molecule has 1 aliphatic rings. The van der Waals surface area contributed by atoms with Crippen LogP contribution in [0.4, 0.5) is 0 Å². The van der Waals surface area contributed by atoms with Crippen LogP contribution in [0.25, 0.3) is 33.4 Å². The molecule has 0 saturated heterocycles. The van der Waals surface area contributed by atoms with E-state index in [9.17, 15) is 0 Å². The van der Waals surface area contributed by atoms with E-state index in [1.807, 2.05) is 0 Å². The van der Waals surface area contributed by atoms with Crippen LogP contribution in [0.15, 0.2) is 66.7 Å². The summed E-state index contributed by atoms with van der Waals surface area (Å²) in [6, 6.07) is 25.3. The Hall–Kier alpha value is -1.66. The molecule has 0 heterocycles. The van der Waals surface area contributed by atoms with Crippen LogP contribution >= 0.6 is 0 Å². The fraction of sp³-hybridized carbons (Fsp3) is 0.314. The quantitative estimate of drug-likeness (QED) is 0.285. The van der Waals surface area contributed by atoms with Gasteiger partial charge in [-0.2, -0.15) is 0 Å². The number of fused-ring (bicyclic) bond motifs is 3. The van der Waals surface area contributed by atoms with Crippen LogP contribution in [0.3, 0.4) is 0 Å². The third kappa shape index (κ3) is 5.37. The third-order valence-corrected chi connectivity index (χ3v) is 9.16. The Labute approximate surface area is 257 Å². The summed E-state index contributed by atoms with van der Waals surface area (Å²) in [6.45, 7) is 18.6. The van der Waals surface area contributed by atoms with Crippen molar-refractivity contribution in [2.24, 2.45) is 0 Å². The van der Waals surface area contributed by atoms with Gasteiger partial charge >= 0.3 is 234 Å². The molecule has 0 nitrogen and oxygen atoms in total. The van der Waals surface area contributed by atoms with Crippen molar-refractivity contribution in [1.82, 2.24) is 0 Å². The van der Waals surface area contributed by atoms with E-state index in [2.05, 4.69) is 122 Å². The fourth-order valence-electron chi connectivity index (χ4n) is 5.82. The summed E-state index contributed by atoms with van der Waals surface area (Å²) in [5.74, 6) is 0. The maximum absolute atomic E-state index is 2.54. The molecule has 0 bridgehead atoms. The Morgan fingerprint density at radius 2 is 1.08 bits per heavy atom. The van der Waals surface area contributed by atoms with Crippen molar-refractivity contribution in [1.29, 1.82) is 0 Å². The van der Waals surface area contributed by atoms with Crippen molar-refractivity contribution < 1.29 is 49.5 Å². The van der Waals surface area contributed by atoms with Crippen molar-refractivity contribution >= 4 is 3.27 Å². The normalized spacial score (nSPS) is 12.4. The first-order chi connectivity index (χ1) is 16.9. The Balaban J connectivity index is 0.00000200. The van der Waals surface area contributed by atoms with Crippen LogP contribution in [0.5, 0.6) is 0 Å². The second kappa shape index (κ2) is 11.1. The molecule has 5 rings (SSSR count). The van der Waals surface area contributed by atoms with Crippen molar-refractivity contribution in [3.8, 4) is 33.4 Å². The third-order valence-electron chi connectivity index (χ3n) is 7.80. The molecule has 38 heavy (non-hydrogen) atoms. The van der Waals surface area contributed by atoms with E-state index in [4.69, 9.17) is 0 Å². The molecule has 4 aromatic rings. The van der Waals surface area contributed by atoms with Crippen LogP contribution in [-0.2, 0) is 42.0 Å². The van der Waals surface area contributed by atoms with Gasteiger partial charge in [0.1, 0.15) is 0 Å². The van der Waals surface area contributed by atoms with Gasteiger partial charge in [-0.1, -0.05) is 0 Å². The van der Waals surface area contributed by atoms with Gasteiger partial charge < -0.3 is 24.8 Å². The summed E-state index contributed by atoms with van der Waals surface area (Å²) < 4.78 is 1.53. The monoisotopic (exact) mass is 617 g/mol. The fourth-order valence-corrected chi connectivity index (χ4v) is 7.03. The predicted octanol–water partition coefficient (Wildman–Crippen LogP) is 2.98. The van der Waals surface area contributed by atoms with Crippen LogP contribution in [0, 0.1) is 13.8 Å². The van der Waals surface area contributed by atoms with E-state index >= 15 is 0 Å². The minimum Gasteiger partial charge on any atom is -1.00 e. The maximum Gasteiger partial charge on any atom is -1.00 e. The van der Waals surface area contributed by atoms with E-state index in [0.29, 0.717) is 0 Å². The number of hydrogen-bond donors (Lipinski definition) is 0. The van der Waals surface area contributed by atoms with Crippen molar-refractivity contribution in [2.75, 3.05) is 0 Å². The van der Waals surface area contributed by atoms with Gasteiger partial charge in [-0.15, -0.1) is 0 Å². The number of benzene rings is 4. The Morgan fingerprint density at radius 3 is 1.61 bits per heavy atom. The van der Waals surface area contributed by atoms with Crippen molar-refractivity contribution in [2.45, 2.75) is 72.6 Å². The van der Waals surface area contributed by atoms with Crippen molar-refractivity contribution in [3.63, 3.8) is 0 Å². The average molecular weight is 620 g/mol.